The maximum atomic E-state index is 10.0. The fourth-order valence-electron chi connectivity index (χ4n) is 7.28. The Bertz CT molecular complexity index is 1550. The molecule has 2 aromatic carbocycles. The molecule has 310 valence electrons. The number of nitriles is 1. The van der Waals surface area contributed by atoms with Gasteiger partial charge in [-0.05, 0) is 91.3 Å². The molecule has 4 atom stereocenters. The molecule has 0 saturated carbocycles. The SMILES string of the molecule is CCCCC(CC)COc1ccc(-c2sc(N=Nc3ccc(N(CC(CC)CCCC)CC(CC)CCCC)cc3OCC(CC)CCCC)nc2C#N)cc1. The third kappa shape index (κ3) is 15.8. The third-order valence-electron chi connectivity index (χ3n) is 11.5. The molecule has 0 bridgehead atoms. The van der Waals surface area contributed by atoms with E-state index in [9.17, 15) is 5.26 Å². The van der Waals surface area contributed by atoms with Gasteiger partial charge in [-0.2, -0.15) is 5.26 Å². The quantitative estimate of drug-likeness (QED) is 0.0629. The first-order valence-electron chi connectivity index (χ1n) is 22.4. The van der Waals surface area contributed by atoms with Gasteiger partial charge in [0.05, 0.1) is 18.1 Å². The number of unbranched alkanes of at least 4 members (excludes halogenated alkanes) is 4. The number of ether oxygens (including phenoxy) is 2. The van der Waals surface area contributed by atoms with Crippen LogP contribution in [0.1, 0.15) is 164 Å². The second kappa shape index (κ2) is 27.2. The molecule has 56 heavy (non-hydrogen) atoms. The fraction of sp³-hybridized carbons (Fsp3) is 0.667. The van der Waals surface area contributed by atoms with Crippen LogP contribution in [0.3, 0.4) is 0 Å². The Hall–Kier alpha value is -3.44. The minimum absolute atomic E-state index is 0.356. The van der Waals surface area contributed by atoms with Gasteiger partial charge in [-0.25, -0.2) is 4.98 Å². The molecule has 0 aliphatic heterocycles. The van der Waals surface area contributed by atoms with Crippen molar-refractivity contribution < 1.29 is 9.47 Å². The van der Waals surface area contributed by atoms with Gasteiger partial charge in [-0.1, -0.05) is 144 Å². The van der Waals surface area contributed by atoms with Crippen LogP contribution >= 0.6 is 11.3 Å². The maximum Gasteiger partial charge on any atom is 0.231 e. The van der Waals surface area contributed by atoms with Crippen molar-refractivity contribution in [1.29, 1.82) is 5.26 Å². The van der Waals surface area contributed by atoms with Crippen LogP contribution in [-0.4, -0.2) is 31.3 Å². The Kier molecular flexibility index (Phi) is 22.8. The van der Waals surface area contributed by atoms with Crippen molar-refractivity contribution in [1.82, 2.24) is 4.98 Å². The molecule has 0 fully saturated rings. The number of hydrogen-bond donors (Lipinski definition) is 0. The molecule has 0 N–H and O–H groups in total. The first-order valence-corrected chi connectivity index (χ1v) is 23.2. The Morgan fingerprint density at radius 3 is 1.68 bits per heavy atom. The molecule has 8 heteroatoms. The van der Waals surface area contributed by atoms with Gasteiger partial charge < -0.3 is 14.4 Å². The van der Waals surface area contributed by atoms with Gasteiger partial charge in [0.15, 0.2) is 5.69 Å². The van der Waals surface area contributed by atoms with E-state index >= 15 is 0 Å². The molecule has 3 aromatic rings. The monoisotopic (exact) mass is 786 g/mol. The number of anilines is 1. The summed E-state index contributed by atoms with van der Waals surface area (Å²) in [5.74, 6) is 3.98. The predicted octanol–water partition coefficient (Wildman–Crippen LogP) is 15.5. The molecule has 4 unspecified atom stereocenters. The highest BCUT2D eigenvalue weighted by Gasteiger charge is 2.20. The topological polar surface area (TPSA) is 83.1 Å². The van der Waals surface area contributed by atoms with E-state index in [1.807, 2.05) is 24.3 Å². The van der Waals surface area contributed by atoms with Gasteiger partial charge in [0.25, 0.3) is 0 Å². The van der Waals surface area contributed by atoms with E-state index in [0.29, 0.717) is 46.8 Å². The Labute approximate surface area is 345 Å². The van der Waals surface area contributed by atoms with Crippen molar-refractivity contribution in [3.05, 3.63) is 48.2 Å². The summed E-state index contributed by atoms with van der Waals surface area (Å²) < 4.78 is 12.8. The summed E-state index contributed by atoms with van der Waals surface area (Å²) in [6.45, 7) is 21.7. The minimum atomic E-state index is 0.356. The lowest BCUT2D eigenvalue weighted by molar-refractivity contribution is 0.233. The van der Waals surface area contributed by atoms with Gasteiger partial charge in [0.2, 0.25) is 5.13 Å². The average molecular weight is 786 g/mol. The molecule has 1 aromatic heterocycles. The van der Waals surface area contributed by atoms with E-state index in [0.717, 1.165) is 60.9 Å². The Morgan fingerprint density at radius 1 is 0.661 bits per heavy atom. The molecule has 1 heterocycles. The zero-order chi connectivity index (χ0) is 40.5. The summed E-state index contributed by atoms with van der Waals surface area (Å²) in [4.78, 5) is 8.01. The van der Waals surface area contributed by atoms with Gasteiger partial charge in [0.1, 0.15) is 23.3 Å². The minimum Gasteiger partial charge on any atom is -0.493 e. The molecule has 0 saturated heterocycles. The van der Waals surface area contributed by atoms with E-state index in [4.69, 9.17) is 14.6 Å². The van der Waals surface area contributed by atoms with Crippen LogP contribution in [0, 0.1) is 35.0 Å². The van der Waals surface area contributed by atoms with Crippen LogP contribution in [0.15, 0.2) is 52.7 Å². The summed E-state index contributed by atoms with van der Waals surface area (Å²) in [6, 6.07) is 16.8. The molecular formula is C48H75N5O2S. The average Bonchev–Trinajstić information content (AvgIpc) is 3.66. The summed E-state index contributed by atoms with van der Waals surface area (Å²) in [6.07, 6.45) is 19.3. The summed E-state index contributed by atoms with van der Waals surface area (Å²) in [5.41, 5.74) is 3.17. The van der Waals surface area contributed by atoms with Crippen LogP contribution < -0.4 is 14.4 Å². The molecule has 0 spiro atoms. The number of aromatic nitrogens is 1. The zero-order valence-corrected chi connectivity index (χ0v) is 37.3. The van der Waals surface area contributed by atoms with E-state index in [-0.39, 0.29) is 0 Å². The van der Waals surface area contributed by atoms with Gasteiger partial charge in [0, 0.05) is 24.8 Å². The highest BCUT2D eigenvalue weighted by Crippen LogP contribution is 2.39. The zero-order valence-electron chi connectivity index (χ0n) is 36.5. The number of nitrogens with zero attached hydrogens (tertiary/aromatic N) is 5. The number of thiazole rings is 1. The largest absolute Gasteiger partial charge is 0.493 e. The van der Waals surface area contributed by atoms with E-state index in [1.54, 1.807) is 0 Å². The van der Waals surface area contributed by atoms with Crippen molar-refractivity contribution in [2.45, 2.75) is 158 Å². The molecule has 0 aliphatic carbocycles. The Morgan fingerprint density at radius 2 is 1.18 bits per heavy atom. The van der Waals surface area contributed by atoms with Crippen LogP contribution in [0.5, 0.6) is 11.5 Å². The summed E-state index contributed by atoms with van der Waals surface area (Å²) in [5, 5.41) is 19.9. The third-order valence-corrected chi connectivity index (χ3v) is 12.5. The molecule has 0 aliphatic rings. The second-order valence-electron chi connectivity index (χ2n) is 15.9. The fourth-order valence-corrected chi connectivity index (χ4v) is 8.12. The first kappa shape index (κ1) is 46.9. The first-order chi connectivity index (χ1) is 27.4. The van der Waals surface area contributed by atoms with Gasteiger partial charge in [-0.3, -0.25) is 0 Å². The highest BCUT2D eigenvalue weighted by molar-refractivity contribution is 7.18. The second-order valence-corrected chi connectivity index (χ2v) is 16.8. The molecule has 0 radical (unpaired) electrons. The predicted molar refractivity (Wildman–Crippen MR) is 239 cm³/mol. The van der Waals surface area contributed by atoms with Crippen LogP contribution in [0.25, 0.3) is 10.4 Å². The number of benzene rings is 2. The van der Waals surface area contributed by atoms with Crippen LogP contribution in [0.4, 0.5) is 16.5 Å². The van der Waals surface area contributed by atoms with Crippen molar-refractivity contribution in [2.75, 3.05) is 31.2 Å². The molecular weight excluding hydrogens is 711 g/mol. The van der Waals surface area contributed by atoms with Crippen LogP contribution in [-0.2, 0) is 0 Å². The van der Waals surface area contributed by atoms with E-state index in [2.05, 4.69) is 94.7 Å². The van der Waals surface area contributed by atoms with Crippen molar-refractivity contribution in [3.8, 4) is 28.0 Å². The molecule has 7 nitrogen and oxygen atoms in total. The lowest BCUT2D eigenvalue weighted by Crippen LogP contribution is -2.34. The van der Waals surface area contributed by atoms with Gasteiger partial charge >= 0.3 is 0 Å². The van der Waals surface area contributed by atoms with Gasteiger partial charge in [-0.15, -0.1) is 10.2 Å². The van der Waals surface area contributed by atoms with Crippen molar-refractivity contribution in [2.24, 2.45) is 33.9 Å². The normalized spacial score (nSPS) is 13.7. The summed E-state index contributed by atoms with van der Waals surface area (Å²) >= 11 is 1.39. The van der Waals surface area contributed by atoms with E-state index < -0.39 is 0 Å². The lowest BCUT2D eigenvalue weighted by Gasteiger charge is -2.33. The highest BCUT2D eigenvalue weighted by atomic mass is 32.1. The van der Waals surface area contributed by atoms with E-state index in [1.165, 1.54) is 100 Å². The molecule has 3 rings (SSSR count). The summed E-state index contributed by atoms with van der Waals surface area (Å²) in [7, 11) is 0. The van der Waals surface area contributed by atoms with Crippen molar-refractivity contribution >= 4 is 27.8 Å². The molecule has 0 amide bonds. The number of rotatable bonds is 30. The Balaban J connectivity index is 1.93. The number of azo groups is 1. The smallest absolute Gasteiger partial charge is 0.231 e. The maximum absolute atomic E-state index is 10.0. The van der Waals surface area contributed by atoms with Crippen LogP contribution in [0.2, 0.25) is 0 Å². The lowest BCUT2D eigenvalue weighted by atomic mass is 9.95. The standard InChI is InChI=1S/C48H75N5O2S/c1-9-17-21-37(13-5)33-53(34-38(14-6)22-18-10-2)42-27-30-44(46(31-42)55-36-40(16-8)24-20-12-4)51-52-48-50-45(32-49)47(56-48)41-25-28-43(29-26-41)54-35-39(15-7)23-19-11-3/h25-31,37-40H,9-24,33-36H2,1-8H3. The number of hydrogen-bond acceptors (Lipinski definition) is 8. The van der Waals surface area contributed by atoms with Crippen molar-refractivity contribution in [3.63, 3.8) is 0 Å².